The molecule has 3 aromatic rings. The van der Waals surface area contributed by atoms with Crippen LogP contribution in [0.15, 0.2) is 59.3 Å². The highest BCUT2D eigenvalue weighted by atomic mass is 35.5. The van der Waals surface area contributed by atoms with Crippen LogP contribution in [0.25, 0.3) is 11.3 Å². The zero-order valence-corrected chi connectivity index (χ0v) is 20.3. The third-order valence-corrected chi connectivity index (χ3v) is 6.95. The van der Waals surface area contributed by atoms with E-state index in [2.05, 4.69) is 55.1 Å². The maximum absolute atomic E-state index is 13.1. The lowest BCUT2D eigenvalue weighted by Crippen LogP contribution is -2.44. The summed E-state index contributed by atoms with van der Waals surface area (Å²) in [5.41, 5.74) is 4.30. The summed E-state index contributed by atoms with van der Waals surface area (Å²) in [5.74, 6) is 0.671. The molecule has 0 bridgehead atoms. The molecule has 1 saturated heterocycles. The Bertz CT molecular complexity index is 1220. The van der Waals surface area contributed by atoms with Gasteiger partial charge in [-0.05, 0) is 30.2 Å². The average Bonchev–Trinajstić information content (AvgIpc) is 3.52. The van der Waals surface area contributed by atoms with Crippen molar-refractivity contribution in [3.63, 3.8) is 0 Å². The minimum Gasteiger partial charge on any atom is -0.368 e. The van der Waals surface area contributed by atoms with E-state index in [0.29, 0.717) is 21.7 Å². The first-order valence-electron chi connectivity index (χ1n) is 11.3. The highest BCUT2D eigenvalue weighted by Gasteiger charge is 2.24. The summed E-state index contributed by atoms with van der Waals surface area (Å²) < 4.78 is 0. The number of aromatic amines is 1. The summed E-state index contributed by atoms with van der Waals surface area (Å²) in [5, 5.41) is 20.1. The van der Waals surface area contributed by atoms with Crippen LogP contribution in [0.2, 0.25) is 5.02 Å². The van der Waals surface area contributed by atoms with Gasteiger partial charge in [0.25, 0.3) is 5.91 Å². The number of carbonyl (C=O) groups is 1. The van der Waals surface area contributed by atoms with E-state index in [-0.39, 0.29) is 11.8 Å². The quantitative estimate of drug-likeness (QED) is 0.405. The zero-order valence-electron chi connectivity index (χ0n) is 18.8. The van der Waals surface area contributed by atoms with E-state index >= 15 is 0 Å². The van der Waals surface area contributed by atoms with Crippen molar-refractivity contribution >= 4 is 39.8 Å². The number of amides is 1. The summed E-state index contributed by atoms with van der Waals surface area (Å²) in [6.45, 7) is 5.89. The Hall–Kier alpha value is -3.14. The second-order valence-electron chi connectivity index (χ2n) is 8.37. The number of allylic oxidation sites excluding steroid dienone is 3. The van der Waals surface area contributed by atoms with E-state index in [1.54, 1.807) is 5.38 Å². The number of nitrogens with one attached hydrogen (secondary N) is 4. The Morgan fingerprint density at radius 3 is 2.82 bits per heavy atom. The van der Waals surface area contributed by atoms with Gasteiger partial charge in [-0.1, -0.05) is 36.7 Å². The summed E-state index contributed by atoms with van der Waals surface area (Å²) in [6, 6.07) is 9.42. The van der Waals surface area contributed by atoms with Crippen LogP contribution in [-0.4, -0.2) is 52.2 Å². The topological polar surface area (TPSA) is 98.0 Å². The van der Waals surface area contributed by atoms with E-state index < -0.39 is 0 Å². The second kappa shape index (κ2) is 10.0. The van der Waals surface area contributed by atoms with E-state index in [1.807, 2.05) is 30.3 Å². The van der Waals surface area contributed by atoms with Crippen LogP contribution >= 0.6 is 22.9 Å². The van der Waals surface area contributed by atoms with Gasteiger partial charge in [0.15, 0.2) is 10.9 Å². The fourth-order valence-electron chi connectivity index (χ4n) is 4.11. The highest BCUT2D eigenvalue weighted by molar-refractivity contribution is 7.14. The van der Waals surface area contributed by atoms with Crippen LogP contribution < -0.4 is 16.0 Å². The Morgan fingerprint density at radius 2 is 2.03 bits per heavy atom. The molecule has 0 saturated carbocycles. The van der Waals surface area contributed by atoms with Crippen molar-refractivity contribution in [1.82, 2.24) is 30.7 Å². The molecular formula is C24H26ClN7OS. The molecule has 3 heterocycles. The maximum Gasteiger partial charge on any atom is 0.275 e. The summed E-state index contributed by atoms with van der Waals surface area (Å²) in [4.78, 5) is 19.9. The second-order valence-corrected chi connectivity index (χ2v) is 9.66. The number of thiazole rings is 1. The number of benzene rings is 1. The number of hydrogen-bond donors (Lipinski definition) is 4. The van der Waals surface area contributed by atoms with E-state index in [1.165, 1.54) is 11.3 Å². The molecule has 1 amide bonds. The number of piperazine rings is 1. The van der Waals surface area contributed by atoms with Crippen LogP contribution in [0.1, 0.15) is 23.8 Å². The fraction of sp³-hybridized carbons (Fsp3) is 0.292. The van der Waals surface area contributed by atoms with Gasteiger partial charge in [-0.15, -0.1) is 11.3 Å². The lowest BCUT2D eigenvalue weighted by atomic mass is 9.95. The summed E-state index contributed by atoms with van der Waals surface area (Å²) in [7, 11) is 0. The number of aromatic nitrogens is 3. The molecule has 1 unspecified atom stereocenters. The van der Waals surface area contributed by atoms with Crippen LogP contribution in [-0.2, 0) is 0 Å². The minimum absolute atomic E-state index is 0.196. The van der Waals surface area contributed by atoms with Gasteiger partial charge in [0.1, 0.15) is 5.69 Å². The molecule has 4 N–H and O–H groups in total. The number of nitrogens with zero attached hydrogens (tertiary/aromatic N) is 3. The first-order valence-corrected chi connectivity index (χ1v) is 12.5. The number of hydrogen-bond acceptors (Lipinski definition) is 7. The van der Waals surface area contributed by atoms with Crippen molar-refractivity contribution in [2.45, 2.75) is 13.3 Å². The van der Waals surface area contributed by atoms with Crippen molar-refractivity contribution in [1.29, 1.82) is 0 Å². The van der Waals surface area contributed by atoms with Crippen molar-refractivity contribution in [2.24, 2.45) is 5.92 Å². The third kappa shape index (κ3) is 5.01. The van der Waals surface area contributed by atoms with Crippen LogP contribution in [0, 0.1) is 5.92 Å². The van der Waals surface area contributed by atoms with Crippen molar-refractivity contribution < 1.29 is 4.79 Å². The largest absolute Gasteiger partial charge is 0.368 e. The molecule has 1 fully saturated rings. The number of H-pyrrole nitrogens is 1. The zero-order chi connectivity index (χ0) is 23.5. The molecule has 1 aliphatic carbocycles. The Kier molecular flexibility index (Phi) is 6.66. The predicted octanol–water partition coefficient (Wildman–Crippen LogP) is 4.37. The van der Waals surface area contributed by atoms with Crippen LogP contribution in [0.4, 0.5) is 10.9 Å². The Morgan fingerprint density at radius 1 is 1.24 bits per heavy atom. The van der Waals surface area contributed by atoms with Gasteiger partial charge in [-0.2, -0.15) is 5.10 Å². The molecule has 2 aromatic heterocycles. The third-order valence-electron chi connectivity index (χ3n) is 5.94. The molecule has 5 rings (SSSR count). The summed E-state index contributed by atoms with van der Waals surface area (Å²) >= 11 is 7.34. The molecule has 8 nitrogen and oxygen atoms in total. The fourth-order valence-corrected chi connectivity index (χ4v) is 4.93. The molecule has 176 valence electrons. The van der Waals surface area contributed by atoms with Crippen molar-refractivity contribution in [2.75, 3.05) is 31.5 Å². The maximum atomic E-state index is 13.1. The normalized spacial score (nSPS) is 18.3. The van der Waals surface area contributed by atoms with Gasteiger partial charge in [-0.25, -0.2) is 4.98 Å². The molecule has 2 aliphatic rings. The van der Waals surface area contributed by atoms with Gasteiger partial charge in [-0.3, -0.25) is 9.89 Å². The van der Waals surface area contributed by atoms with Gasteiger partial charge in [0.05, 0.1) is 11.4 Å². The van der Waals surface area contributed by atoms with Crippen molar-refractivity contribution in [3.8, 4) is 11.3 Å². The minimum atomic E-state index is -0.196. The number of carbonyl (C=O) groups excluding carboxylic acids is 1. The lowest BCUT2D eigenvalue weighted by Gasteiger charge is -2.34. The van der Waals surface area contributed by atoms with Gasteiger partial charge < -0.3 is 20.9 Å². The highest BCUT2D eigenvalue weighted by Crippen LogP contribution is 2.28. The van der Waals surface area contributed by atoms with Crippen molar-refractivity contribution in [3.05, 3.63) is 70.0 Å². The predicted molar refractivity (Wildman–Crippen MR) is 136 cm³/mol. The monoisotopic (exact) mass is 495 g/mol. The molecular weight excluding hydrogens is 470 g/mol. The van der Waals surface area contributed by atoms with E-state index in [0.717, 1.165) is 55.3 Å². The van der Waals surface area contributed by atoms with E-state index in [4.69, 9.17) is 11.6 Å². The summed E-state index contributed by atoms with van der Waals surface area (Å²) in [6.07, 6.45) is 5.22. The van der Waals surface area contributed by atoms with Gasteiger partial charge in [0, 0.05) is 54.3 Å². The molecule has 1 atom stereocenters. The molecule has 0 spiro atoms. The average molecular weight is 496 g/mol. The van der Waals surface area contributed by atoms with Gasteiger partial charge >= 0.3 is 0 Å². The molecule has 1 aromatic carbocycles. The van der Waals surface area contributed by atoms with Crippen LogP contribution in [0.3, 0.4) is 0 Å². The first kappa shape index (κ1) is 22.6. The Balaban J connectivity index is 1.28. The number of anilines is 2. The molecule has 34 heavy (non-hydrogen) atoms. The lowest BCUT2D eigenvalue weighted by molar-refractivity contribution is 0.0955. The first-order chi connectivity index (χ1) is 16.6. The van der Waals surface area contributed by atoms with E-state index in [9.17, 15) is 4.79 Å². The molecule has 0 radical (unpaired) electrons. The molecule has 1 aliphatic heterocycles. The number of halogens is 1. The number of rotatable bonds is 6. The Labute approximate surface area is 207 Å². The standard InChI is InChI=1S/C24H26ClN7OS/c1-15-3-2-4-20(32-11-9-26-10-12-32)22(15)29-23(33)19-14-34-24(27-19)28-21-13-18(30-31-21)16-5-7-17(25)8-6-16/h2,4-8,13-15,26H,3,9-12H2,1H3,(H,29,33)(H2,27,28,30,31). The van der Waals surface area contributed by atoms with Crippen LogP contribution in [0.5, 0.6) is 0 Å². The smallest absolute Gasteiger partial charge is 0.275 e. The SMILES string of the molecule is CC1CC=CC(N2CCNCC2)=C1NC(=O)c1csc(Nc2cc(-c3ccc(Cl)cc3)[nH]n2)n1. The molecule has 10 heteroatoms. The van der Waals surface area contributed by atoms with Gasteiger partial charge in [0.2, 0.25) is 0 Å².